The van der Waals surface area contributed by atoms with Gasteiger partial charge in [-0.05, 0) is 48.9 Å². The van der Waals surface area contributed by atoms with E-state index >= 15 is 0 Å². The maximum atomic E-state index is 13.1. The van der Waals surface area contributed by atoms with E-state index in [0.29, 0.717) is 17.2 Å². The summed E-state index contributed by atoms with van der Waals surface area (Å²) in [6, 6.07) is 12.0. The number of ether oxygens (including phenoxy) is 4. The third-order valence-electron chi connectivity index (χ3n) is 5.20. The van der Waals surface area contributed by atoms with E-state index in [1.807, 2.05) is 19.1 Å². The zero-order valence-corrected chi connectivity index (χ0v) is 20.4. The number of carbonyl (C=O) groups is 4. The zero-order valence-electron chi connectivity index (χ0n) is 20.4. The molecule has 3 aromatic rings. The molecule has 0 aromatic heterocycles. The van der Waals surface area contributed by atoms with E-state index in [4.69, 9.17) is 18.9 Å². The maximum absolute atomic E-state index is 13.1. The number of hydrogen-bond donors (Lipinski definition) is 3. The van der Waals surface area contributed by atoms with Crippen molar-refractivity contribution >= 4 is 29.9 Å². The fourth-order valence-electron chi connectivity index (χ4n) is 3.41. The van der Waals surface area contributed by atoms with Crippen LogP contribution in [0.15, 0.2) is 48.5 Å². The number of carboxylic acids is 1. The highest BCUT2D eigenvalue weighted by Crippen LogP contribution is 2.38. The van der Waals surface area contributed by atoms with Gasteiger partial charge in [-0.2, -0.15) is 0 Å². The summed E-state index contributed by atoms with van der Waals surface area (Å²) >= 11 is 0. The molecule has 0 heterocycles. The van der Waals surface area contributed by atoms with Crippen LogP contribution in [0.25, 0.3) is 0 Å². The van der Waals surface area contributed by atoms with E-state index in [9.17, 15) is 24.3 Å². The van der Waals surface area contributed by atoms with Gasteiger partial charge in [-0.3, -0.25) is 14.4 Å². The lowest BCUT2D eigenvalue weighted by Crippen LogP contribution is -2.22. The first-order valence-corrected chi connectivity index (χ1v) is 10.8. The highest BCUT2D eigenvalue weighted by Gasteiger charge is 2.24. The Kier molecular flexibility index (Phi) is 8.31. The van der Waals surface area contributed by atoms with Crippen LogP contribution in [0, 0.1) is 6.92 Å². The average Bonchev–Trinajstić information content (AvgIpc) is 2.89. The smallest absolute Gasteiger partial charge is 0.336 e. The van der Waals surface area contributed by atoms with Crippen LogP contribution in [0.1, 0.15) is 36.6 Å². The van der Waals surface area contributed by atoms with Crippen LogP contribution >= 0.6 is 0 Å². The predicted octanol–water partition coefficient (Wildman–Crippen LogP) is 3.65. The molecule has 3 rings (SSSR count). The minimum atomic E-state index is -1.46. The molecule has 3 aromatic carbocycles. The molecule has 11 nitrogen and oxygen atoms in total. The lowest BCUT2D eigenvalue weighted by Gasteiger charge is -2.15. The Morgan fingerprint density at radius 3 is 2.03 bits per heavy atom. The van der Waals surface area contributed by atoms with Crippen molar-refractivity contribution in [2.45, 2.75) is 6.92 Å². The van der Waals surface area contributed by atoms with Gasteiger partial charge in [0, 0.05) is 18.8 Å². The summed E-state index contributed by atoms with van der Waals surface area (Å²) in [5.74, 6) is -1.68. The molecule has 11 heteroatoms. The molecule has 37 heavy (non-hydrogen) atoms. The predicted molar refractivity (Wildman–Crippen MR) is 132 cm³/mol. The number of carboxylic acid groups (broad SMARTS) is 1. The lowest BCUT2D eigenvalue weighted by atomic mass is 10.0. The molecule has 0 aliphatic heterocycles. The van der Waals surface area contributed by atoms with Gasteiger partial charge >= 0.3 is 5.97 Å². The van der Waals surface area contributed by atoms with E-state index in [1.165, 1.54) is 33.4 Å². The Labute approximate surface area is 211 Å². The molecule has 0 unspecified atom stereocenters. The van der Waals surface area contributed by atoms with Crippen molar-refractivity contribution in [3.63, 3.8) is 0 Å². The number of amides is 2. The van der Waals surface area contributed by atoms with Crippen LogP contribution in [0.3, 0.4) is 0 Å². The monoisotopic (exact) mass is 508 g/mol. The molecular formula is C26H24N2O9. The molecule has 0 aliphatic carbocycles. The number of methoxy groups -OCH3 is 2. The fraction of sp³-hybridized carbons (Fsp3) is 0.154. The number of aromatic carboxylic acids is 1. The first-order valence-electron chi connectivity index (χ1n) is 10.8. The summed E-state index contributed by atoms with van der Waals surface area (Å²) < 4.78 is 21.4. The number of rotatable bonds is 10. The molecule has 0 bridgehead atoms. The van der Waals surface area contributed by atoms with E-state index in [2.05, 4.69) is 10.6 Å². The lowest BCUT2D eigenvalue weighted by molar-refractivity contribution is -0.120. The molecule has 3 N–H and O–H groups in total. The van der Waals surface area contributed by atoms with Crippen molar-refractivity contribution in [1.29, 1.82) is 0 Å². The van der Waals surface area contributed by atoms with Crippen molar-refractivity contribution in [2.75, 3.05) is 26.6 Å². The average molecular weight is 508 g/mol. The summed E-state index contributed by atoms with van der Waals surface area (Å²) in [7, 11) is 4.28. The van der Waals surface area contributed by atoms with Crippen LogP contribution in [0.2, 0.25) is 0 Å². The molecule has 0 radical (unpaired) electrons. The largest absolute Gasteiger partial charge is 0.493 e. The quantitative estimate of drug-likeness (QED) is 0.349. The highest BCUT2D eigenvalue weighted by molar-refractivity contribution is 6.13. The number of hydrogen-bond acceptors (Lipinski definition) is 8. The molecule has 192 valence electrons. The van der Waals surface area contributed by atoms with Crippen LogP contribution < -0.4 is 29.6 Å². The minimum Gasteiger partial charge on any atom is -0.493 e. The van der Waals surface area contributed by atoms with Gasteiger partial charge in [0.05, 0.1) is 30.9 Å². The summed E-state index contributed by atoms with van der Waals surface area (Å²) in [5, 5.41) is 14.5. The second-order valence-electron chi connectivity index (χ2n) is 7.57. The van der Waals surface area contributed by atoms with E-state index < -0.39 is 23.3 Å². The van der Waals surface area contributed by atoms with Gasteiger partial charge in [-0.15, -0.1) is 0 Å². The van der Waals surface area contributed by atoms with Crippen LogP contribution in [0.5, 0.6) is 28.7 Å². The first-order chi connectivity index (χ1) is 17.7. The van der Waals surface area contributed by atoms with Crippen LogP contribution in [-0.2, 0) is 4.79 Å². The Hall–Kier alpha value is -5.06. The highest BCUT2D eigenvalue weighted by atomic mass is 16.5. The molecular weight excluding hydrogens is 484 g/mol. The molecule has 0 saturated carbocycles. The summed E-state index contributed by atoms with van der Waals surface area (Å²) in [6.07, 6.45) is 0. The number of benzene rings is 3. The Bertz CT molecular complexity index is 1370. The van der Waals surface area contributed by atoms with Crippen molar-refractivity contribution in [3.8, 4) is 28.7 Å². The topological polar surface area (TPSA) is 149 Å². The minimum absolute atomic E-state index is 0.0508. The second kappa shape index (κ2) is 11.6. The summed E-state index contributed by atoms with van der Waals surface area (Å²) in [5.41, 5.74) is 0.253. The van der Waals surface area contributed by atoms with Crippen LogP contribution in [0.4, 0.5) is 5.69 Å². The van der Waals surface area contributed by atoms with Gasteiger partial charge in [0.25, 0.3) is 18.3 Å². The standard InChI is InChI=1S/C26H24N2O9/c1-14-5-7-19(22(9-14)34-3)37-20-8-6-15(10-23(20)35-4)28-25(31)16-11-18(24(30)27-2)21(36-13-29)12-17(16)26(32)33/h5-13H,1-4H3,(H,27,30)(H,28,31)(H,32,33). The SMILES string of the molecule is CNC(=O)c1cc(C(=O)Nc2ccc(Oc3ccc(C)cc3OC)c(OC)c2)c(C(=O)O)cc1OC=O. The molecule has 2 amide bonds. The Balaban J connectivity index is 1.95. The summed E-state index contributed by atoms with van der Waals surface area (Å²) in [4.78, 5) is 47.9. The van der Waals surface area contributed by atoms with Gasteiger partial charge in [-0.25, -0.2) is 4.79 Å². The zero-order chi connectivity index (χ0) is 27.1. The Morgan fingerprint density at radius 1 is 0.784 bits per heavy atom. The molecule has 0 atom stereocenters. The van der Waals surface area contributed by atoms with E-state index in [1.54, 1.807) is 12.1 Å². The van der Waals surface area contributed by atoms with Crippen molar-refractivity contribution in [1.82, 2.24) is 5.32 Å². The number of nitrogens with one attached hydrogen (secondary N) is 2. The molecule has 0 spiro atoms. The third-order valence-corrected chi connectivity index (χ3v) is 5.20. The fourth-order valence-corrected chi connectivity index (χ4v) is 3.41. The van der Waals surface area contributed by atoms with E-state index in [0.717, 1.165) is 17.7 Å². The van der Waals surface area contributed by atoms with Gasteiger partial charge in [0.15, 0.2) is 23.0 Å². The maximum Gasteiger partial charge on any atom is 0.336 e. The first kappa shape index (κ1) is 26.5. The second-order valence-corrected chi connectivity index (χ2v) is 7.57. The number of aryl methyl sites for hydroxylation is 1. The van der Waals surface area contributed by atoms with Crippen molar-refractivity contribution < 1.29 is 43.2 Å². The van der Waals surface area contributed by atoms with Gasteiger partial charge in [-0.1, -0.05) is 6.07 Å². The van der Waals surface area contributed by atoms with E-state index in [-0.39, 0.29) is 34.8 Å². The number of anilines is 1. The summed E-state index contributed by atoms with van der Waals surface area (Å²) in [6.45, 7) is 1.97. The molecule has 0 saturated heterocycles. The van der Waals surface area contributed by atoms with Gasteiger partial charge in [0.2, 0.25) is 0 Å². The third kappa shape index (κ3) is 5.96. The Morgan fingerprint density at radius 2 is 1.43 bits per heavy atom. The van der Waals surface area contributed by atoms with Gasteiger partial charge in [0.1, 0.15) is 5.75 Å². The normalized spacial score (nSPS) is 10.2. The molecule has 0 fully saturated rings. The van der Waals surface area contributed by atoms with Crippen molar-refractivity contribution in [3.05, 3.63) is 70.8 Å². The van der Waals surface area contributed by atoms with Crippen molar-refractivity contribution in [2.24, 2.45) is 0 Å². The van der Waals surface area contributed by atoms with Crippen LogP contribution in [-0.4, -0.2) is 50.6 Å². The van der Waals surface area contributed by atoms with Gasteiger partial charge < -0.3 is 34.7 Å². The number of carbonyl (C=O) groups excluding carboxylic acids is 3. The molecule has 0 aliphatic rings.